The van der Waals surface area contributed by atoms with Crippen LogP contribution in [0.1, 0.15) is 11.4 Å². The van der Waals surface area contributed by atoms with Crippen LogP contribution in [0.15, 0.2) is 28.2 Å². The Labute approximate surface area is 115 Å². The molecular formula is C13H15N3O4. The molecule has 2 aliphatic heterocycles. The number of aromatic nitrogens is 1. The molecule has 106 valence electrons. The molecule has 1 aromatic heterocycles. The molecule has 3 rings (SSSR count). The number of rotatable bonds is 4. The first-order valence-corrected chi connectivity index (χ1v) is 6.41. The van der Waals surface area contributed by atoms with Crippen molar-refractivity contribution in [3.8, 4) is 0 Å². The van der Waals surface area contributed by atoms with Crippen molar-refractivity contribution < 1.29 is 19.7 Å². The van der Waals surface area contributed by atoms with Gasteiger partial charge in [0.1, 0.15) is 36.7 Å². The molecule has 7 heteroatoms. The lowest BCUT2D eigenvalue weighted by Crippen LogP contribution is -2.11. The van der Waals surface area contributed by atoms with Crippen molar-refractivity contribution in [2.75, 3.05) is 26.4 Å². The van der Waals surface area contributed by atoms with Crippen LogP contribution in [-0.4, -0.2) is 65.5 Å². The summed E-state index contributed by atoms with van der Waals surface area (Å²) in [5.74, 6) is 0.839. The molecular weight excluding hydrogens is 262 g/mol. The van der Waals surface area contributed by atoms with E-state index in [9.17, 15) is 0 Å². The summed E-state index contributed by atoms with van der Waals surface area (Å²) in [5, 5.41) is 18.1. The van der Waals surface area contributed by atoms with Gasteiger partial charge in [0, 0.05) is 0 Å². The minimum atomic E-state index is -0.228. The molecule has 2 N–H and O–H groups in total. The number of hydrogen-bond acceptors (Lipinski definition) is 7. The van der Waals surface area contributed by atoms with Crippen LogP contribution < -0.4 is 0 Å². The summed E-state index contributed by atoms with van der Waals surface area (Å²) in [6.45, 7) is 0.637. The maximum absolute atomic E-state index is 9.04. The normalized spacial score (nSPS) is 24.9. The van der Waals surface area contributed by atoms with Crippen LogP contribution in [0, 0.1) is 0 Å². The van der Waals surface area contributed by atoms with Crippen molar-refractivity contribution >= 4 is 11.8 Å². The molecule has 0 saturated heterocycles. The Morgan fingerprint density at radius 2 is 1.45 bits per heavy atom. The first-order valence-electron chi connectivity index (χ1n) is 6.41. The van der Waals surface area contributed by atoms with Gasteiger partial charge in [-0.05, 0) is 12.1 Å². The number of hydrogen-bond donors (Lipinski definition) is 2. The number of aliphatic imine (C=N–C) groups is 2. The zero-order chi connectivity index (χ0) is 13.9. The second-order valence-corrected chi connectivity index (χ2v) is 4.57. The van der Waals surface area contributed by atoms with Crippen LogP contribution >= 0.6 is 0 Å². The first-order chi connectivity index (χ1) is 9.80. The maximum atomic E-state index is 9.04. The van der Waals surface area contributed by atoms with E-state index < -0.39 is 0 Å². The molecule has 0 radical (unpaired) electrons. The van der Waals surface area contributed by atoms with Crippen LogP contribution in [0.5, 0.6) is 0 Å². The molecule has 20 heavy (non-hydrogen) atoms. The van der Waals surface area contributed by atoms with Gasteiger partial charge in [0.15, 0.2) is 0 Å². The molecule has 0 bridgehead atoms. The molecule has 1 aromatic rings. The van der Waals surface area contributed by atoms with Crippen LogP contribution in [-0.2, 0) is 9.47 Å². The first kappa shape index (κ1) is 13.0. The summed E-state index contributed by atoms with van der Waals surface area (Å²) in [4.78, 5) is 12.9. The Morgan fingerprint density at radius 1 is 0.950 bits per heavy atom. The second-order valence-electron chi connectivity index (χ2n) is 4.57. The predicted octanol–water partition coefficient (Wildman–Crippen LogP) is -0.643. The van der Waals surface area contributed by atoms with E-state index in [0.29, 0.717) is 36.4 Å². The fourth-order valence-electron chi connectivity index (χ4n) is 1.97. The fraction of sp³-hybridized carbons (Fsp3) is 0.462. The van der Waals surface area contributed by atoms with Crippen molar-refractivity contribution in [2.24, 2.45) is 9.98 Å². The van der Waals surface area contributed by atoms with E-state index in [1.807, 2.05) is 6.07 Å². The van der Waals surface area contributed by atoms with Crippen LogP contribution in [0.25, 0.3) is 0 Å². The zero-order valence-electron chi connectivity index (χ0n) is 10.8. The molecule has 2 aliphatic rings. The molecule has 0 fully saturated rings. The van der Waals surface area contributed by atoms with Crippen LogP contribution in [0.4, 0.5) is 0 Å². The van der Waals surface area contributed by atoms with Gasteiger partial charge in [-0.3, -0.25) is 0 Å². The summed E-state index contributed by atoms with van der Waals surface area (Å²) >= 11 is 0. The van der Waals surface area contributed by atoms with Gasteiger partial charge >= 0.3 is 0 Å². The van der Waals surface area contributed by atoms with Crippen LogP contribution in [0.3, 0.4) is 0 Å². The summed E-state index contributed by atoms with van der Waals surface area (Å²) in [6, 6.07) is 4.92. The van der Waals surface area contributed by atoms with Crippen molar-refractivity contribution in [3.05, 3.63) is 29.6 Å². The standard InChI is InChI=1S/C13H15N3O4/c17-4-8-6-19-12(14-8)10-2-1-3-11(16-10)13-15-9(5-18)7-20-13/h1-3,8-9,17-18H,4-7H2/t8-,9-/m0/s1. The third-order valence-electron chi connectivity index (χ3n) is 3.03. The topological polar surface area (TPSA) is 96.5 Å². The highest BCUT2D eigenvalue weighted by molar-refractivity contribution is 5.97. The summed E-state index contributed by atoms with van der Waals surface area (Å²) in [5.41, 5.74) is 1.16. The van der Waals surface area contributed by atoms with E-state index >= 15 is 0 Å². The van der Waals surface area contributed by atoms with E-state index in [1.54, 1.807) is 12.1 Å². The Balaban J connectivity index is 1.84. The van der Waals surface area contributed by atoms with Gasteiger partial charge < -0.3 is 19.7 Å². The van der Waals surface area contributed by atoms with Gasteiger partial charge in [0.25, 0.3) is 0 Å². The van der Waals surface area contributed by atoms with Gasteiger partial charge in [0.05, 0.1) is 13.2 Å². The number of aliphatic hydroxyl groups is 2. The fourth-order valence-corrected chi connectivity index (χ4v) is 1.97. The highest BCUT2D eigenvalue weighted by Gasteiger charge is 2.23. The molecule has 0 aromatic carbocycles. The number of aliphatic hydroxyl groups excluding tert-OH is 2. The maximum Gasteiger partial charge on any atom is 0.235 e. The van der Waals surface area contributed by atoms with E-state index in [-0.39, 0.29) is 25.3 Å². The quantitative estimate of drug-likeness (QED) is 0.763. The number of pyridine rings is 1. The van der Waals surface area contributed by atoms with Gasteiger partial charge in [0.2, 0.25) is 11.8 Å². The predicted molar refractivity (Wildman–Crippen MR) is 71.0 cm³/mol. The van der Waals surface area contributed by atoms with Crippen molar-refractivity contribution in [1.82, 2.24) is 4.98 Å². The lowest BCUT2D eigenvalue weighted by molar-refractivity contribution is 0.227. The molecule has 0 unspecified atom stereocenters. The summed E-state index contributed by atoms with van der Waals surface area (Å²) < 4.78 is 10.8. The van der Waals surface area contributed by atoms with Crippen molar-refractivity contribution in [3.63, 3.8) is 0 Å². The van der Waals surface area contributed by atoms with Gasteiger partial charge in [-0.1, -0.05) is 6.07 Å². The highest BCUT2D eigenvalue weighted by atomic mass is 16.5. The molecule has 0 spiro atoms. The highest BCUT2D eigenvalue weighted by Crippen LogP contribution is 2.14. The third kappa shape index (κ3) is 2.50. The van der Waals surface area contributed by atoms with Gasteiger partial charge in [-0.15, -0.1) is 0 Å². The Morgan fingerprint density at radius 3 is 1.85 bits per heavy atom. The van der Waals surface area contributed by atoms with Crippen LogP contribution in [0.2, 0.25) is 0 Å². The molecule has 2 atom stereocenters. The monoisotopic (exact) mass is 277 g/mol. The van der Waals surface area contributed by atoms with Gasteiger partial charge in [-0.2, -0.15) is 0 Å². The number of nitrogens with zero attached hydrogens (tertiary/aromatic N) is 3. The summed E-state index contributed by atoms with van der Waals surface area (Å²) in [6.07, 6.45) is 0. The van der Waals surface area contributed by atoms with E-state index in [0.717, 1.165) is 0 Å². The minimum absolute atomic E-state index is 0.0445. The average molecular weight is 277 g/mol. The van der Waals surface area contributed by atoms with E-state index in [4.69, 9.17) is 19.7 Å². The molecule has 3 heterocycles. The Bertz CT molecular complexity index is 513. The van der Waals surface area contributed by atoms with E-state index in [2.05, 4.69) is 15.0 Å². The van der Waals surface area contributed by atoms with Crippen molar-refractivity contribution in [2.45, 2.75) is 12.1 Å². The van der Waals surface area contributed by atoms with E-state index in [1.165, 1.54) is 0 Å². The Kier molecular flexibility index (Phi) is 3.62. The largest absolute Gasteiger partial charge is 0.474 e. The lowest BCUT2D eigenvalue weighted by Gasteiger charge is -2.04. The molecule has 7 nitrogen and oxygen atoms in total. The molecule has 0 amide bonds. The SMILES string of the molecule is OC[C@H]1COC(c2cccc(C3=N[C@@H](CO)CO3)n2)=N1. The van der Waals surface area contributed by atoms with Crippen molar-refractivity contribution in [1.29, 1.82) is 0 Å². The molecule has 0 aliphatic carbocycles. The Hall–Kier alpha value is -1.99. The average Bonchev–Trinajstić information content (AvgIpc) is 3.16. The zero-order valence-corrected chi connectivity index (χ0v) is 10.8. The number of ether oxygens (including phenoxy) is 2. The minimum Gasteiger partial charge on any atom is -0.474 e. The lowest BCUT2D eigenvalue weighted by atomic mass is 10.3. The summed E-state index contributed by atoms with van der Waals surface area (Å²) in [7, 11) is 0. The smallest absolute Gasteiger partial charge is 0.235 e. The molecule has 0 saturated carbocycles. The third-order valence-corrected chi connectivity index (χ3v) is 3.03. The van der Waals surface area contributed by atoms with Gasteiger partial charge in [-0.25, -0.2) is 15.0 Å². The second kappa shape index (κ2) is 5.56.